The summed E-state index contributed by atoms with van der Waals surface area (Å²) in [7, 11) is 0. The van der Waals surface area contributed by atoms with Gasteiger partial charge < -0.3 is 4.74 Å². The highest BCUT2D eigenvalue weighted by atomic mass is 32.1. The molecule has 1 N–H and O–H groups in total. The first kappa shape index (κ1) is 18.6. The van der Waals surface area contributed by atoms with Gasteiger partial charge in [-0.25, -0.2) is 4.79 Å². The van der Waals surface area contributed by atoms with Crippen molar-refractivity contribution in [3.05, 3.63) is 51.4 Å². The van der Waals surface area contributed by atoms with Crippen LogP contribution in [-0.2, 0) is 17.6 Å². The second kappa shape index (κ2) is 7.23. The zero-order chi connectivity index (χ0) is 18.9. The molecule has 26 heavy (non-hydrogen) atoms. The topological polar surface area (TPSA) is 55.4 Å². The van der Waals surface area contributed by atoms with Crippen LogP contribution in [0.25, 0.3) is 0 Å². The summed E-state index contributed by atoms with van der Waals surface area (Å²) < 4.78 is 5.38. The highest BCUT2D eigenvalue weighted by Crippen LogP contribution is 2.39. The van der Waals surface area contributed by atoms with Crippen LogP contribution in [0.3, 0.4) is 0 Å². The van der Waals surface area contributed by atoms with Gasteiger partial charge in [0.05, 0.1) is 5.56 Å². The third kappa shape index (κ3) is 4.15. The van der Waals surface area contributed by atoms with Crippen LogP contribution < -0.4 is 5.32 Å². The fourth-order valence-corrected chi connectivity index (χ4v) is 4.41. The predicted octanol–water partition coefficient (Wildman–Crippen LogP) is 5.51. The Morgan fingerprint density at radius 1 is 1.08 bits per heavy atom. The molecule has 0 fully saturated rings. The molecular formula is C21H25NO3S. The lowest BCUT2D eigenvalue weighted by atomic mass is 9.92. The van der Waals surface area contributed by atoms with Crippen LogP contribution in [-0.4, -0.2) is 17.5 Å². The van der Waals surface area contributed by atoms with Crippen LogP contribution in [0.1, 0.15) is 65.5 Å². The van der Waals surface area contributed by atoms with Crippen LogP contribution in [0.4, 0.5) is 9.80 Å². The maximum atomic E-state index is 13.2. The molecule has 3 rings (SSSR count). The minimum absolute atomic E-state index is 0.0320. The minimum Gasteiger partial charge on any atom is -0.444 e. The van der Waals surface area contributed by atoms with Gasteiger partial charge >= 0.3 is 6.09 Å². The van der Waals surface area contributed by atoms with E-state index >= 15 is 0 Å². The molecule has 5 heteroatoms. The second-order valence-corrected chi connectivity index (χ2v) is 8.84. The smallest absolute Gasteiger partial charge is 0.412 e. The first-order chi connectivity index (χ1) is 12.2. The molecule has 1 aromatic carbocycles. The van der Waals surface area contributed by atoms with E-state index in [-0.39, 0.29) is 5.78 Å². The number of benzene rings is 1. The van der Waals surface area contributed by atoms with Crippen molar-refractivity contribution < 1.29 is 14.3 Å². The van der Waals surface area contributed by atoms with E-state index in [0.717, 1.165) is 36.8 Å². The van der Waals surface area contributed by atoms with E-state index in [1.54, 1.807) is 0 Å². The third-order valence-electron chi connectivity index (χ3n) is 4.33. The molecule has 1 aromatic heterocycles. The number of hydrogen-bond donors (Lipinski definition) is 1. The van der Waals surface area contributed by atoms with E-state index in [9.17, 15) is 9.59 Å². The highest BCUT2D eigenvalue weighted by molar-refractivity contribution is 7.17. The fraction of sp³-hybridized carbons (Fsp3) is 0.429. The number of fused-ring (bicyclic) bond motifs is 1. The van der Waals surface area contributed by atoms with Crippen molar-refractivity contribution in [3.8, 4) is 0 Å². The first-order valence-corrected chi connectivity index (χ1v) is 9.82. The molecule has 0 bridgehead atoms. The average Bonchev–Trinajstić information content (AvgIpc) is 2.90. The summed E-state index contributed by atoms with van der Waals surface area (Å²) in [5.74, 6) is -0.0320. The number of carbonyl (C=O) groups excluding carboxylic acids is 2. The molecule has 138 valence electrons. The van der Waals surface area contributed by atoms with Gasteiger partial charge in [0.25, 0.3) is 0 Å². The summed E-state index contributed by atoms with van der Waals surface area (Å²) in [4.78, 5) is 26.7. The van der Waals surface area contributed by atoms with Gasteiger partial charge in [-0.15, -0.1) is 11.3 Å². The number of nitrogens with one attached hydrogen (secondary N) is 1. The second-order valence-electron chi connectivity index (χ2n) is 7.74. The molecule has 0 spiro atoms. The molecule has 0 atom stereocenters. The Balaban J connectivity index is 1.97. The zero-order valence-corrected chi connectivity index (χ0v) is 16.6. The number of rotatable bonds is 3. The molecule has 1 aliphatic carbocycles. The van der Waals surface area contributed by atoms with Crippen molar-refractivity contribution in [2.24, 2.45) is 0 Å². The number of carbonyl (C=O) groups is 2. The van der Waals surface area contributed by atoms with E-state index in [1.165, 1.54) is 16.2 Å². The molecule has 0 saturated heterocycles. The van der Waals surface area contributed by atoms with E-state index in [2.05, 4.69) is 5.32 Å². The van der Waals surface area contributed by atoms with Gasteiger partial charge in [0.1, 0.15) is 10.6 Å². The normalized spacial score (nSPS) is 13.8. The Bertz CT molecular complexity index is 828. The van der Waals surface area contributed by atoms with Crippen molar-refractivity contribution in [2.45, 2.75) is 59.0 Å². The van der Waals surface area contributed by atoms with Gasteiger partial charge in [-0.05, 0) is 58.9 Å². The molecule has 2 aromatic rings. The summed E-state index contributed by atoms with van der Waals surface area (Å²) in [6.07, 6.45) is 3.52. The molecule has 1 amide bonds. The number of ether oxygens (including phenoxy) is 1. The molecular weight excluding hydrogens is 346 g/mol. The Labute approximate surface area is 158 Å². The van der Waals surface area contributed by atoms with Crippen LogP contribution >= 0.6 is 11.3 Å². The fourth-order valence-electron chi connectivity index (χ4n) is 3.14. The van der Waals surface area contributed by atoms with Crippen molar-refractivity contribution in [3.63, 3.8) is 0 Å². The van der Waals surface area contributed by atoms with Gasteiger partial charge in [0, 0.05) is 10.4 Å². The number of amides is 1. The minimum atomic E-state index is -0.581. The average molecular weight is 372 g/mol. The molecule has 1 heterocycles. The van der Waals surface area contributed by atoms with Gasteiger partial charge in [0.2, 0.25) is 0 Å². The van der Waals surface area contributed by atoms with E-state index < -0.39 is 11.7 Å². The monoisotopic (exact) mass is 371 g/mol. The highest BCUT2D eigenvalue weighted by Gasteiger charge is 2.28. The molecule has 0 aliphatic heterocycles. The summed E-state index contributed by atoms with van der Waals surface area (Å²) in [6.45, 7) is 7.47. The van der Waals surface area contributed by atoms with E-state index in [4.69, 9.17) is 4.74 Å². The SMILES string of the molecule is Cc1ccc(C(=O)c2c(NC(=O)OC(C)(C)C)sc3c2CCCC3)cc1. The van der Waals surface area contributed by atoms with Crippen molar-refractivity contribution in [1.29, 1.82) is 0 Å². The molecule has 4 nitrogen and oxygen atoms in total. The van der Waals surface area contributed by atoms with Crippen LogP contribution in [0.5, 0.6) is 0 Å². The Morgan fingerprint density at radius 2 is 1.73 bits per heavy atom. The standard InChI is InChI=1S/C21H25NO3S/c1-13-9-11-14(12-10-13)18(23)17-15-7-5-6-8-16(15)26-19(17)22-20(24)25-21(2,3)4/h9-12H,5-8H2,1-4H3,(H,22,24). The third-order valence-corrected chi connectivity index (χ3v) is 5.53. The van der Waals surface area contributed by atoms with Gasteiger partial charge in [-0.1, -0.05) is 29.8 Å². The molecule has 0 unspecified atom stereocenters. The number of ketones is 1. The zero-order valence-electron chi connectivity index (χ0n) is 15.8. The quantitative estimate of drug-likeness (QED) is 0.724. The predicted molar refractivity (Wildman–Crippen MR) is 105 cm³/mol. The maximum absolute atomic E-state index is 13.2. The summed E-state index contributed by atoms with van der Waals surface area (Å²) in [6, 6.07) is 7.57. The Kier molecular flexibility index (Phi) is 5.19. The number of anilines is 1. The van der Waals surface area contributed by atoms with Crippen LogP contribution in [0, 0.1) is 6.92 Å². The van der Waals surface area contributed by atoms with E-state index in [0.29, 0.717) is 16.1 Å². The van der Waals surface area contributed by atoms with Gasteiger partial charge in [-0.3, -0.25) is 10.1 Å². The van der Waals surface area contributed by atoms with E-state index in [1.807, 2.05) is 52.0 Å². The number of aryl methyl sites for hydroxylation is 2. The molecule has 1 aliphatic rings. The summed E-state index contributed by atoms with van der Waals surface area (Å²) in [5, 5.41) is 3.43. The van der Waals surface area contributed by atoms with Gasteiger partial charge in [0.15, 0.2) is 5.78 Å². The number of hydrogen-bond acceptors (Lipinski definition) is 4. The lowest BCUT2D eigenvalue weighted by molar-refractivity contribution is 0.0636. The van der Waals surface area contributed by atoms with Crippen molar-refractivity contribution in [2.75, 3.05) is 5.32 Å². The van der Waals surface area contributed by atoms with Gasteiger partial charge in [-0.2, -0.15) is 0 Å². The summed E-state index contributed by atoms with van der Waals surface area (Å²) in [5.41, 5.74) is 2.91. The lowest BCUT2D eigenvalue weighted by Gasteiger charge is -2.19. The lowest BCUT2D eigenvalue weighted by Crippen LogP contribution is -2.27. The molecule has 0 saturated carbocycles. The Hall–Kier alpha value is -2.14. The largest absolute Gasteiger partial charge is 0.444 e. The molecule has 0 radical (unpaired) electrons. The van der Waals surface area contributed by atoms with Crippen molar-refractivity contribution in [1.82, 2.24) is 0 Å². The number of thiophene rings is 1. The maximum Gasteiger partial charge on any atom is 0.412 e. The van der Waals surface area contributed by atoms with Crippen LogP contribution in [0.2, 0.25) is 0 Å². The summed E-state index contributed by atoms with van der Waals surface area (Å²) >= 11 is 1.51. The first-order valence-electron chi connectivity index (χ1n) is 9.00. The Morgan fingerprint density at radius 3 is 2.38 bits per heavy atom. The van der Waals surface area contributed by atoms with Crippen molar-refractivity contribution >= 4 is 28.2 Å². The van der Waals surface area contributed by atoms with Crippen LogP contribution in [0.15, 0.2) is 24.3 Å².